The molecule has 8 nitrogen and oxygen atoms in total. The number of hydrogen-bond donors (Lipinski definition) is 1. The molecule has 0 aliphatic carbocycles. The molecule has 1 aliphatic heterocycles. The minimum absolute atomic E-state index is 0.0430. The lowest BCUT2D eigenvalue weighted by atomic mass is 9.70. The number of rotatable bonds is 6. The van der Waals surface area contributed by atoms with Crippen molar-refractivity contribution in [3.8, 4) is 23.0 Å². The van der Waals surface area contributed by atoms with E-state index >= 15 is 0 Å². The number of benzene rings is 1. The van der Waals surface area contributed by atoms with Crippen LogP contribution in [0.1, 0.15) is 50.4 Å². The fourth-order valence-corrected chi connectivity index (χ4v) is 5.83. The molecule has 0 radical (unpaired) electrons. The summed E-state index contributed by atoms with van der Waals surface area (Å²) in [4.78, 5) is 23.7. The van der Waals surface area contributed by atoms with Gasteiger partial charge in [0.25, 0.3) is 0 Å². The van der Waals surface area contributed by atoms with Crippen molar-refractivity contribution in [2.45, 2.75) is 50.7 Å². The Morgan fingerprint density at radius 3 is 2.35 bits per heavy atom. The maximum absolute atomic E-state index is 13.5. The van der Waals surface area contributed by atoms with E-state index in [4.69, 9.17) is 9.72 Å². The lowest BCUT2D eigenvalue weighted by molar-refractivity contribution is -0.124. The lowest BCUT2D eigenvalue weighted by Gasteiger charge is -2.37. The number of anilines is 1. The molecule has 10 heteroatoms. The summed E-state index contributed by atoms with van der Waals surface area (Å²) < 4.78 is 18.6. The summed E-state index contributed by atoms with van der Waals surface area (Å²) >= 11 is 1.27. The van der Waals surface area contributed by atoms with E-state index in [9.17, 15) is 9.00 Å². The molecule has 1 amide bonds. The van der Waals surface area contributed by atoms with Crippen molar-refractivity contribution in [1.82, 2.24) is 20.2 Å². The molecule has 5 rings (SSSR count). The van der Waals surface area contributed by atoms with Crippen molar-refractivity contribution in [2.24, 2.45) is 5.41 Å². The minimum Gasteiger partial charge on any atom is -0.420 e. The zero-order valence-electron chi connectivity index (χ0n) is 21.2. The average molecular weight is 534 g/mol. The second-order valence-electron chi connectivity index (χ2n) is 9.76. The van der Waals surface area contributed by atoms with Gasteiger partial charge in [0.2, 0.25) is 22.8 Å². The maximum Gasteiger partial charge on any atom is 0.232 e. The summed E-state index contributed by atoms with van der Waals surface area (Å²) in [6.45, 7) is 9.56. The third-order valence-electron chi connectivity index (χ3n) is 6.43. The van der Waals surface area contributed by atoms with Gasteiger partial charge >= 0.3 is 0 Å². The van der Waals surface area contributed by atoms with Crippen molar-refractivity contribution in [3.05, 3.63) is 70.9 Å². The van der Waals surface area contributed by atoms with Crippen molar-refractivity contribution < 1.29 is 13.7 Å². The Morgan fingerprint density at radius 2 is 1.70 bits per heavy atom. The molecule has 4 aromatic rings. The van der Waals surface area contributed by atoms with Crippen LogP contribution in [0.4, 0.5) is 5.13 Å². The van der Waals surface area contributed by atoms with Gasteiger partial charge in [0.05, 0.1) is 21.9 Å². The summed E-state index contributed by atoms with van der Waals surface area (Å²) in [6.07, 6.45) is 0. The van der Waals surface area contributed by atoms with Crippen molar-refractivity contribution in [2.75, 3.05) is 5.32 Å². The summed E-state index contributed by atoms with van der Waals surface area (Å²) in [5.74, 6) is 0.317. The molecular formula is C27H27N5O3S2. The van der Waals surface area contributed by atoms with Crippen LogP contribution < -0.4 is 10.1 Å². The van der Waals surface area contributed by atoms with Gasteiger partial charge in [-0.25, -0.2) is 9.97 Å². The van der Waals surface area contributed by atoms with Crippen molar-refractivity contribution in [3.63, 3.8) is 0 Å². The highest BCUT2D eigenvalue weighted by atomic mass is 32.2. The molecule has 0 saturated carbocycles. The Kier molecular flexibility index (Phi) is 6.63. The third-order valence-corrected chi connectivity index (χ3v) is 8.63. The number of nitrogens with zero attached hydrogens (tertiary/aromatic N) is 4. The number of fused-ring (bicyclic) bond motifs is 2. The van der Waals surface area contributed by atoms with Gasteiger partial charge in [-0.3, -0.25) is 9.00 Å². The highest BCUT2D eigenvalue weighted by molar-refractivity contribution is 7.85. The van der Waals surface area contributed by atoms with Gasteiger partial charge in [-0.1, -0.05) is 63.3 Å². The number of pyridine rings is 2. The molecule has 1 unspecified atom stereocenters. The average Bonchev–Trinajstić information content (AvgIpc) is 3.39. The molecule has 2 atom stereocenters. The molecule has 37 heavy (non-hydrogen) atoms. The quantitative estimate of drug-likeness (QED) is 0.338. The van der Waals surface area contributed by atoms with Crippen LogP contribution in [-0.4, -0.2) is 35.5 Å². The zero-order valence-corrected chi connectivity index (χ0v) is 22.8. The SMILES string of the molecule is Cc1ccc2c(n1)Oc1nc(-c3ccc(S(=O)C(C)C)cc3)ccc1[C@@H]2C(C)(C)C(=O)Nc1nncs1. The van der Waals surface area contributed by atoms with Gasteiger partial charge in [0, 0.05) is 38.4 Å². The topological polar surface area (TPSA) is 107 Å². The summed E-state index contributed by atoms with van der Waals surface area (Å²) in [5, 5.41) is 11.1. The second-order valence-corrected chi connectivity index (χ2v) is 12.6. The van der Waals surface area contributed by atoms with E-state index < -0.39 is 16.2 Å². The molecule has 1 aliphatic rings. The Labute approximate surface area is 222 Å². The van der Waals surface area contributed by atoms with Gasteiger partial charge in [-0.05, 0) is 31.2 Å². The highest BCUT2D eigenvalue weighted by Crippen LogP contribution is 2.51. The third kappa shape index (κ3) is 4.78. The zero-order chi connectivity index (χ0) is 26.3. The molecule has 1 aromatic carbocycles. The number of carbonyl (C=O) groups is 1. The first-order chi connectivity index (χ1) is 17.6. The summed E-state index contributed by atoms with van der Waals surface area (Å²) in [7, 11) is -1.06. The number of hydrogen-bond acceptors (Lipinski definition) is 8. The fraction of sp³-hybridized carbons (Fsp3) is 0.296. The van der Waals surface area contributed by atoms with Crippen LogP contribution >= 0.6 is 11.3 Å². The first-order valence-electron chi connectivity index (χ1n) is 11.9. The Hall–Kier alpha value is -3.50. The van der Waals surface area contributed by atoms with Crippen LogP contribution in [0.5, 0.6) is 11.8 Å². The Balaban J connectivity index is 1.55. The number of aromatic nitrogens is 4. The smallest absolute Gasteiger partial charge is 0.232 e. The van der Waals surface area contributed by atoms with Crippen LogP contribution in [0.3, 0.4) is 0 Å². The lowest BCUT2D eigenvalue weighted by Crippen LogP contribution is -2.38. The van der Waals surface area contributed by atoms with Crippen molar-refractivity contribution >= 4 is 33.2 Å². The molecular weight excluding hydrogens is 506 g/mol. The van der Waals surface area contributed by atoms with E-state index in [1.54, 1.807) is 5.51 Å². The van der Waals surface area contributed by atoms with Gasteiger partial charge < -0.3 is 10.1 Å². The predicted molar refractivity (Wildman–Crippen MR) is 144 cm³/mol. The molecule has 0 saturated heterocycles. The first-order valence-corrected chi connectivity index (χ1v) is 14.0. The monoisotopic (exact) mass is 533 g/mol. The standard InChI is InChI=1S/C27H27N5O3S2/c1-15(2)37(34)18-9-7-17(8-10-18)21-13-12-20-22(27(4,5)25(33)31-26-32-28-14-36-26)19-11-6-16(3)29-23(19)35-24(20)30-21/h6-15,22H,1-5H3,(H,31,32,33)/t22-,37?/m1/s1. The van der Waals surface area contributed by atoms with E-state index in [1.807, 2.05) is 83.1 Å². The molecule has 1 N–H and O–H groups in total. The molecule has 3 aromatic heterocycles. The van der Waals surface area contributed by atoms with E-state index in [1.165, 1.54) is 11.3 Å². The Bertz CT molecular complexity index is 1480. The molecule has 190 valence electrons. The van der Waals surface area contributed by atoms with Crippen LogP contribution in [0.15, 0.2) is 58.9 Å². The minimum atomic E-state index is -1.06. The molecule has 0 spiro atoms. The number of nitrogens with one attached hydrogen (secondary N) is 1. The van der Waals surface area contributed by atoms with Gasteiger partial charge in [-0.15, -0.1) is 10.2 Å². The van der Waals surface area contributed by atoms with Crippen LogP contribution in [0, 0.1) is 12.3 Å². The van der Waals surface area contributed by atoms with E-state index in [0.717, 1.165) is 27.3 Å². The first kappa shape index (κ1) is 25.2. The van der Waals surface area contributed by atoms with E-state index in [0.29, 0.717) is 22.6 Å². The predicted octanol–water partition coefficient (Wildman–Crippen LogP) is 5.72. The Morgan fingerprint density at radius 1 is 1.03 bits per heavy atom. The second kappa shape index (κ2) is 9.75. The molecule has 0 fully saturated rings. The van der Waals surface area contributed by atoms with E-state index in [-0.39, 0.29) is 17.1 Å². The number of amides is 1. The number of carbonyl (C=O) groups excluding carboxylic acids is 1. The largest absolute Gasteiger partial charge is 0.420 e. The van der Waals surface area contributed by atoms with Gasteiger partial charge in [-0.2, -0.15) is 0 Å². The van der Waals surface area contributed by atoms with Crippen molar-refractivity contribution in [1.29, 1.82) is 0 Å². The van der Waals surface area contributed by atoms with Gasteiger partial charge in [0.15, 0.2) is 0 Å². The molecule has 4 heterocycles. The highest BCUT2D eigenvalue weighted by Gasteiger charge is 2.45. The van der Waals surface area contributed by atoms with Crippen LogP contribution in [-0.2, 0) is 15.6 Å². The summed E-state index contributed by atoms with van der Waals surface area (Å²) in [6, 6.07) is 15.4. The normalized spacial score (nSPS) is 15.5. The van der Waals surface area contributed by atoms with Crippen LogP contribution in [0.25, 0.3) is 11.3 Å². The number of aryl methyl sites for hydroxylation is 1. The summed E-state index contributed by atoms with van der Waals surface area (Å²) in [5.41, 5.74) is 4.72. The van der Waals surface area contributed by atoms with Gasteiger partial charge in [0.1, 0.15) is 5.51 Å². The number of ether oxygens (including phenoxy) is 1. The fourth-order valence-electron chi connectivity index (χ4n) is 4.44. The molecule has 0 bridgehead atoms. The van der Waals surface area contributed by atoms with E-state index in [2.05, 4.69) is 20.5 Å². The van der Waals surface area contributed by atoms with Crippen LogP contribution in [0.2, 0.25) is 0 Å². The maximum atomic E-state index is 13.5.